The van der Waals surface area contributed by atoms with Gasteiger partial charge in [0.05, 0.1) is 12.2 Å². The molecule has 4 aliphatic rings. The molecule has 0 bridgehead atoms. The topological polar surface area (TPSA) is 29.5 Å². The first kappa shape index (κ1) is 16.1. The molecule has 2 heteroatoms. The van der Waals surface area contributed by atoms with E-state index in [1.165, 1.54) is 44.9 Å². The Kier molecular flexibility index (Phi) is 3.93. The van der Waals surface area contributed by atoms with E-state index in [0.29, 0.717) is 16.9 Å². The fraction of sp³-hybridized carbons (Fsp3) is 0.905. The van der Waals surface area contributed by atoms with E-state index in [2.05, 4.69) is 19.9 Å². The Labute approximate surface area is 141 Å². The third kappa shape index (κ3) is 2.13. The van der Waals surface area contributed by atoms with Crippen LogP contribution in [0, 0.1) is 28.6 Å². The van der Waals surface area contributed by atoms with E-state index < -0.39 is 0 Å². The van der Waals surface area contributed by atoms with Crippen LogP contribution in [0.2, 0.25) is 0 Å². The Balaban J connectivity index is 1.68. The zero-order chi connectivity index (χ0) is 16.2. The molecule has 130 valence electrons. The van der Waals surface area contributed by atoms with Gasteiger partial charge in [-0.15, -0.1) is 0 Å². The molecular weight excluding hydrogens is 284 g/mol. The first-order chi connectivity index (χ1) is 11.0. The average Bonchev–Trinajstić information content (AvgIpc) is 2.90. The van der Waals surface area contributed by atoms with Gasteiger partial charge in [-0.3, -0.25) is 0 Å². The van der Waals surface area contributed by atoms with Gasteiger partial charge in [-0.2, -0.15) is 0 Å². The van der Waals surface area contributed by atoms with E-state index >= 15 is 0 Å². The standard InChI is InChI=1S/C21H34O2/c1-4-21-12-9-15(22)13-14(21)5-6-16-17-7-8-19(23-3)20(17,2)11-10-18(16)21/h5,15-19,22H,4,6-13H2,1-3H3/t15-,16?,17?,18?,19-,20-,21-/m0/s1. The average molecular weight is 319 g/mol. The summed E-state index contributed by atoms with van der Waals surface area (Å²) in [5, 5.41) is 10.2. The lowest BCUT2D eigenvalue weighted by Gasteiger charge is -2.58. The third-order valence-electron chi connectivity index (χ3n) is 8.63. The van der Waals surface area contributed by atoms with Gasteiger partial charge >= 0.3 is 0 Å². The Bertz CT molecular complexity index is 498. The van der Waals surface area contributed by atoms with Crippen LogP contribution in [0.5, 0.6) is 0 Å². The van der Waals surface area contributed by atoms with E-state index in [9.17, 15) is 5.11 Å². The molecule has 0 aromatic heterocycles. The van der Waals surface area contributed by atoms with Crippen LogP contribution >= 0.6 is 0 Å². The van der Waals surface area contributed by atoms with Crippen LogP contribution < -0.4 is 0 Å². The van der Waals surface area contributed by atoms with Crippen molar-refractivity contribution >= 4 is 0 Å². The van der Waals surface area contributed by atoms with Gasteiger partial charge < -0.3 is 9.84 Å². The van der Waals surface area contributed by atoms with Crippen LogP contribution in [0.4, 0.5) is 0 Å². The van der Waals surface area contributed by atoms with Crippen LogP contribution in [0.1, 0.15) is 71.6 Å². The van der Waals surface area contributed by atoms with Gasteiger partial charge in [0.25, 0.3) is 0 Å². The molecular formula is C21H34O2. The number of hydrogen-bond acceptors (Lipinski definition) is 2. The lowest BCUT2D eigenvalue weighted by Crippen LogP contribution is -2.52. The van der Waals surface area contributed by atoms with Crippen molar-refractivity contribution in [2.75, 3.05) is 7.11 Å². The maximum atomic E-state index is 10.2. The minimum atomic E-state index is -0.0873. The summed E-state index contributed by atoms with van der Waals surface area (Å²) in [4.78, 5) is 0. The molecule has 2 nitrogen and oxygen atoms in total. The van der Waals surface area contributed by atoms with E-state index in [0.717, 1.165) is 30.6 Å². The molecule has 4 aliphatic carbocycles. The Morgan fingerprint density at radius 3 is 2.74 bits per heavy atom. The van der Waals surface area contributed by atoms with Crippen LogP contribution in [0.25, 0.3) is 0 Å². The zero-order valence-electron chi connectivity index (χ0n) is 15.2. The second-order valence-corrected chi connectivity index (χ2v) is 9.09. The van der Waals surface area contributed by atoms with Crippen molar-refractivity contribution in [3.05, 3.63) is 11.6 Å². The molecule has 0 aliphatic heterocycles. The minimum absolute atomic E-state index is 0.0873. The second kappa shape index (κ2) is 5.59. The van der Waals surface area contributed by atoms with Crippen LogP contribution in [0.15, 0.2) is 11.6 Å². The molecule has 3 fully saturated rings. The van der Waals surface area contributed by atoms with Crippen LogP contribution in [-0.4, -0.2) is 24.4 Å². The van der Waals surface area contributed by atoms with Crippen molar-refractivity contribution < 1.29 is 9.84 Å². The summed E-state index contributed by atoms with van der Waals surface area (Å²) in [7, 11) is 1.92. The lowest BCUT2D eigenvalue weighted by molar-refractivity contribution is -0.0867. The number of ether oxygens (including phenoxy) is 1. The number of allylic oxidation sites excluding steroid dienone is 1. The molecule has 0 saturated heterocycles. The highest BCUT2D eigenvalue weighted by Crippen LogP contribution is 2.66. The summed E-state index contributed by atoms with van der Waals surface area (Å²) in [5.74, 6) is 2.56. The van der Waals surface area contributed by atoms with E-state index in [1.54, 1.807) is 5.57 Å². The van der Waals surface area contributed by atoms with Gasteiger partial charge in [0, 0.05) is 7.11 Å². The molecule has 0 aromatic rings. The van der Waals surface area contributed by atoms with E-state index in [1.807, 2.05) is 7.11 Å². The van der Waals surface area contributed by atoms with Crippen molar-refractivity contribution in [1.82, 2.24) is 0 Å². The monoisotopic (exact) mass is 318 g/mol. The number of hydrogen-bond donors (Lipinski definition) is 1. The fourth-order valence-corrected chi connectivity index (χ4v) is 7.44. The van der Waals surface area contributed by atoms with Gasteiger partial charge in [-0.25, -0.2) is 0 Å². The molecule has 0 heterocycles. The molecule has 3 unspecified atom stereocenters. The number of aliphatic hydroxyl groups excluding tert-OH is 1. The Morgan fingerprint density at radius 1 is 1.17 bits per heavy atom. The largest absolute Gasteiger partial charge is 0.393 e. The fourth-order valence-electron chi connectivity index (χ4n) is 7.44. The van der Waals surface area contributed by atoms with Gasteiger partial charge in [-0.1, -0.05) is 25.5 Å². The summed E-state index contributed by atoms with van der Waals surface area (Å²) in [5.41, 5.74) is 2.43. The summed E-state index contributed by atoms with van der Waals surface area (Å²) >= 11 is 0. The molecule has 0 radical (unpaired) electrons. The molecule has 4 rings (SSSR count). The number of fused-ring (bicyclic) bond motifs is 5. The van der Waals surface area contributed by atoms with Crippen molar-refractivity contribution in [3.63, 3.8) is 0 Å². The highest BCUT2D eigenvalue weighted by molar-refractivity contribution is 5.26. The highest BCUT2D eigenvalue weighted by atomic mass is 16.5. The maximum Gasteiger partial charge on any atom is 0.0627 e. The molecule has 0 amide bonds. The first-order valence-electron chi connectivity index (χ1n) is 9.95. The molecule has 7 atom stereocenters. The predicted octanol–water partition coefficient (Wildman–Crippen LogP) is 4.72. The van der Waals surface area contributed by atoms with Crippen molar-refractivity contribution in [1.29, 1.82) is 0 Å². The van der Waals surface area contributed by atoms with Crippen molar-refractivity contribution in [3.8, 4) is 0 Å². The smallest absolute Gasteiger partial charge is 0.0627 e. The van der Waals surface area contributed by atoms with Crippen molar-refractivity contribution in [2.45, 2.75) is 83.8 Å². The summed E-state index contributed by atoms with van der Waals surface area (Å²) in [6.45, 7) is 4.91. The molecule has 3 saturated carbocycles. The van der Waals surface area contributed by atoms with Crippen LogP contribution in [0.3, 0.4) is 0 Å². The molecule has 0 aromatic carbocycles. The van der Waals surface area contributed by atoms with Gasteiger partial charge in [0.15, 0.2) is 0 Å². The summed E-state index contributed by atoms with van der Waals surface area (Å²) in [6.07, 6.45) is 14.0. The highest BCUT2D eigenvalue weighted by Gasteiger charge is 2.59. The zero-order valence-corrected chi connectivity index (χ0v) is 15.2. The number of aliphatic hydroxyl groups is 1. The van der Waals surface area contributed by atoms with E-state index in [4.69, 9.17) is 4.74 Å². The van der Waals surface area contributed by atoms with Crippen LogP contribution in [-0.2, 0) is 4.74 Å². The number of rotatable bonds is 2. The van der Waals surface area contributed by atoms with Gasteiger partial charge in [0.2, 0.25) is 0 Å². The second-order valence-electron chi connectivity index (χ2n) is 9.09. The Hall–Kier alpha value is -0.340. The maximum absolute atomic E-state index is 10.2. The minimum Gasteiger partial charge on any atom is -0.393 e. The third-order valence-corrected chi connectivity index (χ3v) is 8.63. The molecule has 23 heavy (non-hydrogen) atoms. The predicted molar refractivity (Wildman–Crippen MR) is 93.1 cm³/mol. The SMILES string of the molecule is CC[C@]12CC[C@H](O)CC1=CCC1C2CC[C@@]2(C)C1CC[C@@H]2OC. The van der Waals surface area contributed by atoms with Gasteiger partial charge in [-0.05, 0) is 86.4 Å². The first-order valence-corrected chi connectivity index (χ1v) is 9.95. The normalized spacial score (nSPS) is 52.3. The molecule has 0 spiro atoms. The quantitative estimate of drug-likeness (QED) is 0.747. The summed E-state index contributed by atoms with van der Waals surface area (Å²) < 4.78 is 5.89. The van der Waals surface area contributed by atoms with Crippen molar-refractivity contribution in [2.24, 2.45) is 28.6 Å². The summed E-state index contributed by atoms with van der Waals surface area (Å²) in [6, 6.07) is 0. The Morgan fingerprint density at radius 2 is 2.00 bits per heavy atom. The van der Waals surface area contributed by atoms with E-state index in [-0.39, 0.29) is 6.10 Å². The lowest BCUT2D eigenvalue weighted by atomic mass is 9.47. The number of methoxy groups -OCH3 is 1. The van der Waals surface area contributed by atoms with Gasteiger partial charge in [0.1, 0.15) is 0 Å². The molecule has 1 N–H and O–H groups in total.